The number of nitrogens with zero attached hydrogens (tertiary/aromatic N) is 5. The Hall–Kier alpha value is -4.23. The molecule has 0 saturated carbocycles. The summed E-state index contributed by atoms with van der Waals surface area (Å²) in [6, 6.07) is 9.95. The van der Waals surface area contributed by atoms with Crippen LogP contribution in [0.4, 0.5) is 5.69 Å². The number of benzene rings is 2. The minimum absolute atomic E-state index is 0.0360. The summed E-state index contributed by atoms with van der Waals surface area (Å²) in [5, 5.41) is 3.09. The number of hydrogen-bond acceptors (Lipinski definition) is 10. The molecule has 0 aliphatic carbocycles. The quantitative estimate of drug-likeness (QED) is 0.234. The lowest BCUT2D eigenvalue weighted by Gasteiger charge is -2.15. The standard InChI is InChI=1S/C23H26ClN7O6/c1-13(2)36-19-9-8-17(10-14(19)3)27-21-29(11-15-4-6-16(24)7-5-15)22(33)30(23(34)31(21)25)12-18(28-35)20(32)37-26/h4-10,13,18H,11-12,25-26H2,1-3H3/b27-21-/t18-/m0/s1. The fourth-order valence-electron chi connectivity index (χ4n) is 3.45. The maximum absolute atomic E-state index is 13.5. The maximum Gasteiger partial charge on any atom is 0.354 e. The van der Waals surface area contributed by atoms with E-state index in [-0.39, 0.29) is 18.3 Å². The molecule has 14 heteroatoms. The van der Waals surface area contributed by atoms with Gasteiger partial charge in [0, 0.05) is 5.02 Å². The predicted octanol–water partition coefficient (Wildman–Crippen LogP) is 1.11. The molecule has 4 N–H and O–H groups in total. The largest absolute Gasteiger partial charge is 0.491 e. The number of rotatable bonds is 9. The van der Waals surface area contributed by atoms with Gasteiger partial charge in [0.05, 0.1) is 24.9 Å². The number of nitroso groups, excluding NO2 is 1. The molecule has 1 heterocycles. The highest BCUT2D eigenvalue weighted by molar-refractivity contribution is 6.30. The van der Waals surface area contributed by atoms with Crippen molar-refractivity contribution in [2.75, 3.05) is 5.84 Å². The molecule has 0 saturated heterocycles. The number of hydrogen-bond donors (Lipinski definition) is 2. The summed E-state index contributed by atoms with van der Waals surface area (Å²) in [6.07, 6.45) is -0.0360. The molecule has 1 atom stereocenters. The molecule has 0 radical (unpaired) electrons. The smallest absolute Gasteiger partial charge is 0.354 e. The minimum atomic E-state index is -1.75. The van der Waals surface area contributed by atoms with E-state index >= 15 is 0 Å². The van der Waals surface area contributed by atoms with E-state index in [1.165, 1.54) is 0 Å². The predicted molar refractivity (Wildman–Crippen MR) is 136 cm³/mol. The van der Waals surface area contributed by atoms with Gasteiger partial charge in [0.2, 0.25) is 11.7 Å². The highest BCUT2D eigenvalue weighted by Gasteiger charge is 2.25. The topological polar surface area (TPSA) is 178 Å². The molecule has 0 fully saturated rings. The van der Waals surface area contributed by atoms with Crippen LogP contribution in [-0.4, -0.2) is 31.9 Å². The molecule has 2 aromatic carbocycles. The molecule has 3 rings (SSSR count). The van der Waals surface area contributed by atoms with Gasteiger partial charge >= 0.3 is 17.3 Å². The zero-order chi connectivity index (χ0) is 27.3. The summed E-state index contributed by atoms with van der Waals surface area (Å²) in [4.78, 5) is 57.9. The van der Waals surface area contributed by atoms with Crippen molar-refractivity contribution in [1.82, 2.24) is 13.8 Å². The second kappa shape index (κ2) is 11.7. The van der Waals surface area contributed by atoms with Crippen LogP contribution in [0.15, 0.2) is 62.2 Å². The van der Waals surface area contributed by atoms with Crippen molar-refractivity contribution in [3.63, 3.8) is 0 Å². The summed E-state index contributed by atoms with van der Waals surface area (Å²) < 4.78 is 8.09. The SMILES string of the molecule is Cc1cc(/N=c2\n(N)c(=O)n(C[C@H](N=O)C(=O)ON)c(=O)n2Cc2ccc(Cl)cc2)ccc1OC(C)C. The third-order valence-electron chi connectivity index (χ3n) is 5.23. The van der Waals surface area contributed by atoms with Crippen LogP contribution >= 0.6 is 11.6 Å². The van der Waals surface area contributed by atoms with Crippen molar-refractivity contribution in [2.45, 2.75) is 46.0 Å². The summed E-state index contributed by atoms with van der Waals surface area (Å²) in [7, 11) is 0. The average Bonchev–Trinajstić information content (AvgIpc) is 2.87. The second-order valence-corrected chi connectivity index (χ2v) is 8.78. The highest BCUT2D eigenvalue weighted by atomic mass is 35.5. The van der Waals surface area contributed by atoms with Crippen LogP contribution in [0.3, 0.4) is 0 Å². The van der Waals surface area contributed by atoms with Crippen LogP contribution in [0, 0.1) is 11.8 Å². The lowest BCUT2D eigenvalue weighted by molar-refractivity contribution is -0.146. The molecule has 0 bridgehead atoms. The Bertz CT molecular complexity index is 1490. The number of halogens is 1. The zero-order valence-corrected chi connectivity index (χ0v) is 21.1. The maximum atomic E-state index is 13.5. The van der Waals surface area contributed by atoms with Crippen LogP contribution in [0.25, 0.3) is 0 Å². The monoisotopic (exact) mass is 531 g/mol. The van der Waals surface area contributed by atoms with E-state index in [2.05, 4.69) is 15.0 Å². The van der Waals surface area contributed by atoms with Gasteiger partial charge < -0.3 is 15.4 Å². The summed E-state index contributed by atoms with van der Waals surface area (Å²) in [5.74, 6) is 10.3. The molecular formula is C23H26ClN7O6. The molecular weight excluding hydrogens is 506 g/mol. The van der Waals surface area contributed by atoms with Crippen LogP contribution in [0.2, 0.25) is 5.02 Å². The zero-order valence-electron chi connectivity index (χ0n) is 20.3. The van der Waals surface area contributed by atoms with Crippen LogP contribution in [0.1, 0.15) is 25.0 Å². The van der Waals surface area contributed by atoms with E-state index in [0.29, 0.717) is 31.3 Å². The first-order valence-electron chi connectivity index (χ1n) is 11.1. The van der Waals surface area contributed by atoms with E-state index in [9.17, 15) is 19.3 Å². The van der Waals surface area contributed by atoms with Gasteiger partial charge in [-0.2, -0.15) is 10.6 Å². The van der Waals surface area contributed by atoms with Crippen LogP contribution < -0.4 is 33.5 Å². The van der Waals surface area contributed by atoms with Gasteiger partial charge in [-0.05, 0) is 62.2 Å². The van der Waals surface area contributed by atoms with Gasteiger partial charge in [-0.1, -0.05) is 28.9 Å². The number of aryl methyl sites for hydroxylation is 1. The number of carbonyl (C=O) groups is 1. The van der Waals surface area contributed by atoms with E-state index in [0.717, 1.165) is 10.1 Å². The molecule has 0 unspecified atom stereocenters. The normalized spacial score (nSPS) is 12.4. The fourth-order valence-corrected chi connectivity index (χ4v) is 3.57. The van der Waals surface area contributed by atoms with Gasteiger partial charge in [-0.3, -0.25) is 4.57 Å². The molecule has 1 aromatic heterocycles. The number of nitrogen functional groups attached to an aromatic ring is 1. The Morgan fingerprint density at radius 1 is 1.08 bits per heavy atom. The minimum Gasteiger partial charge on any atom is -0.491 e. The highest BCUT2D eigenvalue weighted by Crippen LogP contribution is 2.24. The van der Waals surface area contributed by atoms with Crippen molar-refractivity contribution >= 4 is 23.3 Å². The van der Waals surface area contributed by atoms with Crippen molar-refractivity contribution in [1.29, 1.82) is 0 Å². The lowest BCUT2D eigenvalue weighted by atomic mass is 10.2. The number of aromatic nitrogens is 3. The van der Waals surface area contributed by atoms with Gasteiger partial charge in [0.15, 0.2) is 0 Å². The van der Waals surface area contributed by atoms with E-state index in [1.54, 1.807) is 42.5 Å². The van der Waals surface area contributed by atoms with Gasteiger partial charge in [0.1, 0.15) is 5.75 Å². The van der Waals surface area contributed by atoms with Crippen LogP contribution in [-0.2, 0) is 22.7 Å². The molecule has 37 heavy (non-hydrogen) atoms. The molecule has 0 aliphatic rings. The third kappa shape index (κ3) is 6.32. The van der Waals surface area contributed by atoms with Crippen LogP contribution in [0.5, 0.6) is 5.75 Å². The Morgan fingerprint density at radius 3 is 2.32 bits per heavy atom. The molecule has 3 aromatic rings. The van der Waals surface area contributed by atoms with E-state index < -0.39 is 29.9 Å². The van der Waals surface area contributed by atoms with Gasteiger partial charge in [0.25, 0.3) is 0 Å². The Balaban J connectivity index is 2.24. The fraction of sp³-hybridized carbons (Fsp3) is 0.304. The van der Waals surface area contributed by atoms with E-state index in [1.807, 2.05) is 20.8 Å². The summed E-state index contributed by atoms with van der Waals surface area (Å²) in [5.41, 5.74) is -0.306. The summed E-state index contributed by atoms with van der Waals surface area (Å²) in [6.45, 7) is 4.82. The average molecular weight is 532 g/mol. The second-order valence-electron chi connectivity index (χ2n) is 8.34. The molecule has 0 aliphatic heterocycles. The van der Waals surface area contributed by atoms with Crippen molar-refractivity contribution in [3.8, 4) is 5.75 Å². The number of ether oxygens (including phenoxy) is 1. The molecule has 196 valence electrons. The molecule has 13 nitrogen and oxygen atoms in total. The first kappa shape index (κ1) is 27.4. The molecule has 0 amide bonds. The lowest BCUT2D eigenvalue weighted by Crippen LogP contribution is -2.58. The third-order valence-corrected chi connectivity index (χ3v) is 5.48. The summed E-state index contributed by atoms with van der Waals surface area (Å²) >= 11 is 5.97. The number of carbonyl (C=O) groups excluding carboxylic acids is 1. The molecule has 0 spiro atoms. The van der Waals surface area contributed by atoms with E-state index in [4.69, 9.17) is 28.1 Å². The van der Waals surface area contributed by atoms with Gasteiger partial charge in [-0.15, -0.1) is 4.91 Å². The Kier molecular flexibility index (Phi) is 8.63. The Morgan fingerprint density at radius 2 is 1.76 bits per heavy atom. The first-order valence-corrected chi connectivity index (χ1v) is 11.4. The number of nitrogens with two attached hydrogens (primary N) is 2. The van der Waals surface area contributed by atoms with Gasteiger partial charge in [-0.25, -0.2) is 23.9 Å². The van der Waals surface area contributed by atoms with Crippen molar-refractivity contribution < 1.29 is 14.4 Å². The van der Waals surface area contributed by atoms with Crippen molar-refractivity contribution in [2.24, 2.45) is 16.1 Å². The first-order chi connectivity index (χ1) is 17.5. The van der Waals surface area contributed by atoms with Crippen molar-refractivity contribution in [3.05, 3.63) is 90.1 Å². The Labute approximate surface area is 215 Å².